The molecular weight excluding hydrogens is 190 g/mol. The Hall–Kier alpha value is -1.36. The number of nitrogen functional groups attached to an aromatic ring is 1. The van der Waals surface area contributed by atoms with Gasteiger partial charge in [0.25, 0.3) is 5.92 Å². The number of nitrogens with one attached hydrogen (secondary N) is 1. The second-order valence-electron chi connectivity index (χ2n) is 2.99. The molecule has 0 aromatic heterocycles. The van der Waals surface area contributed by atoms with E-state index >= 15 is 0 Å². The summed E-state index contributed by atoms with van der Waals surface area (Å²) in [5.41, 5.74) is 6.47. The molecule has 1 aromatic rings. The lowest BCUT2D eigenvalue weighted by atomic mass is 10.2. The van der Waals surface area contributed by atoms with Gasteiger partial charge in [-0.15, -0.1) is 0 Å². The Labute approximate surface area is 80.5 Å². The molecule has 78 valence electrons. The SMILES string of the molecule is Nc1cccc(NCC(F)(F)CO)c1. The zero-order chi connectivity index (χ0) is 10.6. The minimum atomic E-state index is -3.11. The van der Waals surface area contributed by atoms with E-state index < -0.39 is 19.1 Å². The van der Waals surface area contributed by atoms with E-state index in [1.807, 2.05) is 0 Å². The Kier molecular flexibility index (Phi) is 3.24. The predicted molar refractivity (Wildman–Crippen MR) is 51.4 cm³/mol. The average molecular weight is 202 g/mol. The maximum absolute atomic E-state index is 12.6. The van der Waals surface area contributed by atoms with Crippen LogP contribution in [-0.4, -0.2) is 24.2 Å². The summed E-state index contributed by atoms with van der Waals surface area (Å²) >= 11 is 0. The molecule has 0 bridgehead atoms. The maximum Gasteiger partial charge on any atom is 0.287 e. The normalized spacial score (nSPS) is 11.4. The molecule has 4 N–H and O–H groups in total. The van der Waals surface area contributed by atoms with E-state index in [1.165, 1.54) is 0 Å². The fourth-order valence-electron chi connectivity index (χ4n) is 0.936. The molecule has 1 rings (SSSR count). The van der Waals surface area contributed by atoms with Crippen molar-refractivity contribution < 1.29 is 13.9 Å². The molecule has 0 aliphatic carbocycles. The van der Waals surface area contributed by atoms with Crippen LogP contribution in [0.4, 0.5) is 20.2 Å². The second-order valence-corrected chi connectivity index (χ2v) is 2.99. The summed E-state index contributed by atoms with van der Waals surface area (Å²) in [5.74, 6) is -3.11. The predicted octanol–water partition coefficient (Wildman–Crippen LogP) is 1.31. The fourth-order valence-corrected chi connectivity index (χ4v) is 0.936. The average Bonchev–Trinajstić information content (AvgIpc) is 2.15. The highest BCUT2D eigenvalue weighted by Crippen LogP contribution is 2.16. The molecule has 14 heavy (non-hydrogen) atoms. The quantitative estimate of drug-likeness (QED) is 0.645. The van der Waals surface area contributed by atoms with Crippen LogP contribution in [0.3, 0.4) is 0 Å². The van der Waals surface area contributed by atoms with Crippen molar-refractivity contribution in [2.75, 3.05) is 24.2 Å². The standard InChI is InChI=1S/C9H12F2N2O/c10-9(11,6-14)5-13-8-3-1-2-7(12)4-8/h1-4,13-14H,5-6,12H2. The smallest absolute Gasteiger partial charge is 0.287 e. The number of hydrogen-bond acceptors (Lipinski definition) is 3. The molecule has 0 fully saturated rings. The van der Waals surface area contributed by atoms with Gasteiger partial charge in [-0.2, -0.15) is 0 Å². The minimum Gasteiger partial charge on any atom is -0.399 e. The molecule has 0 saturated heterocycles. The van der Waals surface area contributed by atoms with Crippen molar-refractivity contribution in [1.82, 2.24) is 0 Å². The van der Waals surface area contributed by atoms with Gasteiger partial charge < -0.3 is 16.2 Å². The van der Waals surface area contributed by atoms with Gasteiger partial charge in [0.15, 0.2) is 0 Å². The molecule has 0 radical (unpaired) electrons. The number of hydrogen-bond donors (Lipinski definition) is 3. The van der Waals surface area contributed by atoms with Gasteiger partial charge >= 0.3 is 0 Å². The van der Waals surface area contributed by atoms with Gasteiger partial charge in [-0.05, 0) is 18.2 Å². The lowest BCUT2D eigenvalue weighted by Crippen LogP contribution is -2.30. The van der Waals surface area contributed by atoms with E-state index in [0.717, 1.165) is 0 Å². The largest absolute Gasteiger partial charge is 0.399 e. The van der Waals surface area contributed by atoms with E-state index in [4.69, 9.17) is 10.8 Å². The summed E-state index contributed by atoms with van der Waals surface area (Å²) in [4.78, 5) is 0. The summed E-state index contributed by atoms with van der Waals surface area (Å²) < 4.78 is 25.2. The molecule has 0 aliphatic heterocycles. The molecule has 1 aromatic carbocycles. The zero-order valence-corrected chi connectivity index (χ0v) is 7.50. The van der Waals surface area contributed by atoms with Gasteiger partial charge in [0, 0.05) is 11.4 Å². The van der Waals surface area contributed by atoms with Crippen LogP contribution < -0.4 is 11.1 Å². The number of anilines is 2. The second kappa shape index (κ2) is 4.23. The highest BCUT2D eigenvalue weighted by atomic mass is 19.3. The molecule has 0 spiro atoms. The summed E-state index contributed by atoms with van der Waals surface area (Å²) in [7, 11) is 0. The first-order chi connectivity index (χ1) is 6.53. The summed E-state index contributed by atoms with van der Waals surface area (Å²) in [6, 6.07) is 6.50. The zero-order valence-electron chi connectivity index (χ0n) is 7.50. The number of benzene rings is 1. The van der Waals surface area contributed by atoms with Gasteiger partial charge in [0.05, 0.1) is 6.54 Å². The van der Waals surface area contributed by atoms with Crippen LogP contribution in [0.2, 0.25) is 0 Å². The Morgan fingerprint density at radius 2 is 2.14 bits per heavy atom. The molecule has 0 saturated carbocycles. The lowest BCUT2D eigenvalue weighted by Gasteiger charge is -2.14. The van der Waals surface area contributed by atoms with Crippen LogP contribution in [0.5, 0.6) is 0 Å². The highest BCUT2D eigenvalue weighted by molar-refractivity contribution is 5.54. The van der Waals surface area contributed by atoms with E-state index in [1.54, 1.807) is 24.3 Å². The molecule has 0 unspecified atom stereocenters. The van der Waals surface area contributed by atoms with E-state index in [9.17, 15) is 8.78 Å². The third-order valence-corrected chi connectivity index (χ3v) is 1.67. The van der Waals surface area contributed by atoms with Crippen molar-refractivity contribution in [3.05, 3.63) is 24.3 Å². The van der Waals surface area contributed by atoms with Crippen molar-refractivity contribution in [2.45, 2.75) is 5.92 Å². The van der Waals surface area contributed by atoms with Gasteiger partial charge in [0.1, 0.15) is 6.61 Å². The number of aliphatic hydroxyl groups excluding tert-OH is 1. The van der Waals surface area contributed by atoms with Crippen LogP contribution in [-0.2, 0) is 0 Å². The number of nitrogens with two attached hydrogens (primary N) is 1. The molecule has 0 atom stereocenters. The van der Waals surface area contributed by atoms with Crippen LogP contribution in [0.25, 0.3) is 0 Å². The monoisotopic (exact) mass is 202 g/mol. The third kappa shape index (κ3) is 3.18. The molecule has 3 nitrogen and oxygen atoms in total. The molecule has 5 heteroatoms. The van der Waals surface area contributed by atoms with Crippen molar-refractivity contribution >= 4 is 11.4 Å². The Morgan fingerprint density at radius 1 is 1.43 bits per heavy atom. The molecule has 0 aliphatic rings. The number of alkyl halides is 2. The third-order valence-electron chi connectivity index (χ3n) is 1.67. The van der Waals surface area contributed by atoms with Gasteiger partial charge in [-0.1, -0.05) is 6.07 Å². The number of rotatable bonds is 4. The summed E-state index contributed by atoms with van der Waals surface area (Å²) in [6.07, 6.45) is 0. The number of halogens is 2. The topological polar surface area (TPSA) is 58.3 Å². The van der Waals surface area contributed by atoms with E-state index in [-0.39, 0.29) is 0 Å². The van der Waals surface area contributed by atoms with Gasteiger partial charge in [-0.3, -0.25) is 0 Å². The Morgan fingerprint density at radius 3 is 2.71 bits per heavy atom. The van der Waals surface area contributed by atoms with Crippen molar-refractivity contribution in [1.29, 1.82) is 0 Å². The Bertz CT molecular complexity index is 305. The van der Waals surface area contributed by atoms with Crippen LogP contribution in [0.1, 0.15) is 0 Å². The van der Waals surface area contributed by atoms with Gasteiger partial charge in [-0.25, -0.2) is 8.78 Å². The molecular formula is C9H12F2N2O. The minimum absolute atomic E-state index is 0.502. The molecule has 0 amide bonds. The summed E-state index contributed by atoms with van der Waals surface area (Å²) in [5, 5.41) is 10.8. The highest BCUT2D eigenvalue weighted by Gasteiger charge is 2.26. The first-order valence-corrected chi connectivity index (χ1v) is 4.11. The first kappa shape index (κ1) is 10.7. The lowest BCUT2D eigenvalue weighted by molar-refractivity contribution is -0.0372. The van der Waals surface area contributed by atoms with Crippen molar-refractivity contribution in [3.8, 4) is 0 Å². The maximum atomic E-state index is 12.6. The van der Waals surface area contributed by atoms with Crippen LogP contribution >= 0.6 is 0 Å². The van der Waals surface area contributed by atoms with Crippen LogP contribution in [0, 0.1) is 0 Å². The van der Waals surface area contributed by atoms with E-state index in [2.05, 4.69) is 5.32 Å². The van der Waals surface area contributed by atoms with Crippen molar-refractivity contribution in [2.24, 2.45) is 0 Å². The first-order valence-electron chi connectivity index (χ1n) is 4.11. The van der Waals surface area contributed by atoms with Gasteiger partial charge in [0.2, 0.25) is 0 Å². The van der Waals surface area contributed by atoms with Crippen LogP contribution in [0.15, 0.2) is 24.3 Å². The number of aliphatic hydroxyl groups is 1. The fraction of sp³-hybridized carbons (Fsp3) is 0.333. The van der Waals surface area contributed by atoms with Crippen molar-refractivity contribution in [3.63, 3.8) is 0 Å². The summed E-state index contributed by atoms with van der Waals surface area (Å²) in [6.45, 7) is -1.77. The van der Waals surface area contributed by atoms with E-state index in [0.29, 0.717) is 11.4 Å². The Balaban J connectivity index is 2.54. The molecule has 0 heterocycles.